The van der Waals surface area contributed by atoms with Crippen LogP contribution in [0.5, 0.6) is 0 Å². The van der Waals surface area contributed by atoms with Crippen molar-refractivity contribution in [2.45, 2.75) is 19.0 Å². The van der Waals surface area contributed by atoms with E-state index < -0.39 is 6.17 Å². The van der Waals surface area contributed by atoms with Crippen LogP contribution in [0.25, 0.3) is 0 Å². The van der Waals surface area contributed by atoms with Gasteiger partial charge in [-0.15, -0.1) is 0 Å². The van der Waals surface area contributed by atoms with Gasteiger partial charge in [-0.3, -0.25) is 19.6 Å². The summed E-state index contributed by atoms with van der Waals surface area (Å²) in [6, 6.07) is 17.5. The number of Topliss-reactive ketones (excluding diaryl/α,β-unsaturated/α-hetero) is 2. The molecule has 23 heavy (non-hydrogen) atoms. The number of ketones is 2. The standard InChI is InChI=1S/C19H16N2O2/c22-17(13-18(23)19-20-9-10-21-19)16-8-4-7-15(12-16)11-14-5-2-1-3-6-14/h1-10,12,19H,11,13H2. The maximum atomic E-state index is 12.3. The normalized spacial score (nSPS) is 13.4. The second-order valence-electron chi connectivity index (χ2n) is 5.40. The number of hydrogen-bond acceptors (Lipinski definition) is 4. The van der Waals surface area contributed by atoms with Crippen LogP contribution in [-0.2, 0) is 11.2 Å². The maximum Gasteiger partial charge on any atom is 0.198 e. The Morgan fingerprint density at radius 2 is 1.57 bits per heavy atom. The van der Waals surface area contributed by atoms with Crippen molar-refractivity contribution in [3.05, 3.63) is 71.3 Å². The summed E-state index contributed by atoms with van der Waals surface area (Å²) < 4.78 is 0. The second kappa shape index (κ2) is 6.92. The van der Waals surface area contributed by atoms with Gasteiger partial charge in [0, 0.05) is 18.0 Å². The van der Waals surface area contributed by atoms with E-state index in [1.54, 1.807) is 6.07 Å². The van der Waals surface area contributed by atoms with E-state index in [-0.39, 0.29) is 18.0 Å². The van der Waals surface area contributed by atoms with Crippen LogP contribution in [0.4, 0.5) is 0 Å². The fourth-order valence-electron chi connectivity index (χ4n) is 2.48. The van der Waals surface area contributed by atoms with E-state index in [0.717, 1.165) is 12.0 Å². The van der Waals surface area contributed by atoms with Crippen molar-refractivity contribution < 1.29 is 9.59 Å². The largest absolute Gasteiger partial charge is 0.295 e. The Hall–Kier alpha value is -2.88. The Balaban J connectivity index is 1.69. The van der Waals surface area contributed by atoms with Gasteiger partial charge in [0.1, 0.15) is 0 Å². The molecule has 0 amide bonds. The van der Waals surface area contributed by atoms with Crippen LogP contribution < -0.4 is 0 Å². The zero-order chi connectivity index (χ0) is 16.1. The van der Waals surface area contributed by atoms with Gasteiger partial charge in [-0.05, 0) is 23.6 Å². The number of nitrogens with zero attached hydrogens (tertiary/aromatic N) is 2. The molecule has 4 heteroatoms. The summed E-state index contributed by atoms with van der Waals surface area (Å²) in [4.78, 5) is 32.1. The zero-order valence-corrected chi connectivity index (χ0v) is 12.6. The molecular formula is C19H16N2O2. The lowest BCUT2D eigenvalue weighted by molar-refractivity contribution is -0.119. The molecule has 0 fully saturated rings. The van der Waals surface area contributed by atoms with Gasteiger partial charge in [0.15, 0.2) is 17.7 Å². The van der Waals surface area contributed by atoms with Crippen LogP contribution in [0.3, 0.4) is 0 Å². The minimum atomic E-state index is -0.744. The number of carbonyl (C=O) groups excluding carboxylic acids is 2. The molecular weight excluding hydrogens is 288 g/mol. The monoisotopic (exact) mass is 304 g/mol. The lowest BCUT2D eigenvalue weighted by Gasteiger charge is -2.06. The fourth-order valence-corrected chi connectivity index (χ4v) is 2.48. The minimum absolute atomic E-state index is 0.172. The van der Waals surface area contributed by atoms with Crippen LogP contribution in [-0.4, -0.2) is 30.2 Å². The summed E-state index contributed by atoms with van der Waals surface area (Å²) in [5, 5.41) is 0. The molecule has 1 aliphatic rings. The number of hydrogen-bond donors (Lipinski definition) is 0. The molecule has 0 saturated heterocycles. The molecule has 2 aromatic rings. The third-order valence-electron chi connectivity index (χ3n) is 3.64. The van der Waals surface area contributed by atoms with Crippen molar-refractivity contribution in [1.29, 1.82) is 0 Å². The first-order valence-electron chi connectivity index (χ1n) is 7.46. The van der Waals surface area contributed by atoms with Crippen LogP contribution >= 0.6 is 0 Å². The van der Waals surface area contributed by atoms with Crippen LogP contribution in [0.2, 0.25) is 0 Å². The average Bonchev–Trinajstić information content (AvgIpc) is 3.10. The lowest BCUT2D eigenvalue weighted by Crippen LogP contribution is -2.18. The van der Waals surface area contributed by atoms with Gasteiger partial charge in [-0.25, -0.2) is 0 Å². The van der Waals surface area contributed by atoms with Crippen LogP contribution in [0.1, 0.15) is 27.9 Å². The van der Waals surface area contributed by atoms with Gasteiger partial charge in [-0.2, -0.15) is 0 Å². The van der Waals surface area contributed by atoms with E-state index in [4.69, 9.17) is 0 Å². The van der Waals surface area contributed by atoms with Gasteiger partial charge < -0.3 is 0 Å². The molecule has 0 unspecified atom stereocenters. The fraction of sp³-hybridized carbons (Fsp3) is 0.158. The van der Waals surface area contributed by atoms with Crippen molar-refractivity contribution in [2.75, 3.05) is 0 Å². The lowest BCUT2D eigenvalue weighted by atomic mass is 9.99. The highest BCUT2D eigenvalue weighted by Crippen LogP contribution is 2.14. The number of benzene rings is 2. The smallest absolute Gasteiger partial charge is 0.198 e. The summed E-state index contributed by atoms with van der Waals surface area (Å²) in [6.07, 6.45) is 2.80. The Morgan fingerprint density at radius 1 is 0.870 bits per heavy atom. The van der Waals surface area contributed by atoms with E-state index in [1.807, 2.05) is 48.5 Å². The first-order valence-corrected chi connectivity index (χ1v) is 7.46. The molecule has 0 spiro atoms. The highest BCUT2D eigenvalue weighted by Gasteiger charge is 2.21. The van der Waals surface area contributed by atoms with Crippen LogP contribution in [0.15, 0.2) is 64.6 Å². The predicted molar refractivity (Wildman–Crippen MR) is 90.4 cm³/mol. The summed E-state index contributed by atoms with van der Waals surface area (Å²) >= 11 is 0. The Kier molecular flexibility index (Phi) is 4.52. The predicted octanol–water partition coefficient (Wildman–Crippen LogP) is 2.90. The first-order chi connectivity index (χ1) is 11.2. The molecule has 114 valence electrons. The van der Waals surface area contributed by atoms with Crippen molar-refractivity contribution in [2.24, 2.45) is 9.98 Å². The topological polar surface area (TPSA) is 58.9 Å². The van der Waals surface area contributed by atoms with Gasteiger partial charge in [0.05, 0.1) is 6.42 Å². The second-order valence-corrected chi connectivity index (χ2v) is 5.40. The first kappa shape index (κ1) is 15.0. The van der Waals surface area contributed by atoms with Gasteiger partial charge in [0.25, 0.3) is 0 Å². The number of rotatable bonds is 6. The highest BCUT2D eigenvalue weighted by molar-refractivity contribution is 6.20. The van der Waals surface area contributed by atoms with E-state index in [0.29, 0.717) is 5.56 Å². The molecule has 0 aliphatic carbocycles. The summed E-state index contributed by atoms with van der Waals surface area (Å²) in [7, 11) is 0. The SMILES string of the molecule is O=C(CC(=O)C1N=CC=N1)c1cccc(Cc2ccccc2)c1. The van der Waals surface area contributed by atoms with E-state index >= 15 is 0 Å². The van der Waals surface area contributed by atoms with Gasteiger partial charge >= 0.3 is 0 Å². The van der Waals surface area contributed by atoms with E-state index in [2.05, 4.69) is 9.98 Å². The molecule has 0 saturated carbocycles. The van der Waals surface area contributed by atoms with Gasteiger partial charge in [0.2, 0.25) is 0 Å². The maximum absolute atomic E-state index is 12.3. The van der Waals surface area contributed by atoms with Crippen LogP contribution in [0, 0.1) is 0 Å². The third kappa shape index (κ3) is 3.86. The molecule has 2 aromatic carbocycles. The summed E-state index contributed by atoms with van der Waals surface area (Å²) in [5.74, 6) is -0.462. The minimum Gasteiger partial charge on any atom is -0.295 e. The van der Waals surface area contributed by atoms with E-state index in [1.165, 1.54) is 18.0 Å². The highest BCUT2D eigenvalue weighted by atomic mass is 16.1. The molecule has 1 aliphatic heterocycles. The molecule has 0 atom stereocenters. The quantitative estimate of drug-likeness (QED) is 0.608. The molecule has 0 aromatic heterocycles. The molecule has 1 heterocycles. The number of carbonyl (C=O) groups is 2. The average molecular weight is 304 g/mol. The molecule has 0 N–H and O–H groups in total. The van der Waals surface area contributed by atoms with Crippen molar-refractivity contribution in [3.8, 4) is 0 Å². The Labute approximate surface area is 134 Å². The van der Waals surface area contributed by atoms with E-state index in [9.17, 15) is 9.59 Å². The van der Waals surface area contributed by atoms with Crippen molar-refractivity contribution in [1.82, 2.24) is 0 Å². The number of aliphatic imine (C=N–C) groups is 2. The Bertz CT molecular complexity index is 767. The summed E-state index contributed by atoms with van der Waals surface area (Å²) in [5.41, 5.74) is 2.78. The molecule has 0 bridgehead atoms. The zero-order valence-electron chi connectivity index (χ0n) is 12.6. The van der Waals surface area contributed by atoms with Crippen molar-refractivity contribution >= 4 is 24.0 Å². The molecule has 4 nitrogen and oxygen atoms in total. The molecule has 0 radical (unpaired) electrons. The Morgan fingerprint density at radius 3 is 2.30 bits per heavy atom. The summed E-state index contributed by atoms with van der Waals surface area (Å²) in [6.45, 7) is 0. The van der Waals surface area contributed by atoms with Gasteiger partial charge in [-0.1, -0.05) is 48.5 Å². The van der Waals surface area contributed by atoms with Crippen molar-refractivity contribution in [3.63, 3.8) is 0 Å². The third-order valence-corrected chi connectivity index (χ3v) is 3.64. The molecule has 3 rings (SSSR count).